The van der Waals surface area contributed by atoms with E-state index < -0.39 is 0 Å². The predicted molar refractivity (Wildman–Crippen MR) is 75.8 cm³/mol. The highest BCUT2D eigenvalue weighted by Gasteiger charge is 2.04. The van der Waals surface area contributed by atoms with Crippen molar-refractivity contribution in [3.05, 3.63) is 44.8 Å². The SMILES string of the molecule is CN(Cc1ccc(N)c(Br)c1)Cc1cscn1. The van der Waals surface area contributed by atoms with E-state index in [0.29, 0.717) is 0 Å². The molecule has 0 radical (unpaired) electrons. The van der Waals surface area contributed by atoms with E-state index in [-0.39, 0.29) is 0 Å². The summed E-state index contributed by atoms with van der Waals surface area (Å²) in [5, 5.41) is 2.08. The molecular formula is C12H14BrN3S. The summed E-state index contributed by atoms with van der Waals surface area (Å²) in [6, 6.07) is 6.04. The van der Waals surface area contributed by atoms with Gasteiger partial charge in [-0.15, -0.1) is 11.3 Å². The van der Waals surface area contributed by atoms with Gasteiger partial charge in [-0.25, -0.2) is 4.98 Å². The Hall–Kier alpha value is -0.910. The van der Waals surface area contributed by atoms with E-state index in [1.807, 2.05) is 11.6 Å². The Kier molecular flexibility index (Phi) is 4.15. The van der Waals surface area contributed by atoms with Gasteiger partial charge in [0.05, 0.1) is 11.2 Å². The molecule has 17 heavy (non-hydrogen) atoms. The molecule has 0 bridgehead atoms. The highest BCUT2D eigenvalue weighted by molar-refractivity contribution is 9.10. The number of benzene rings is 1. The smallest absolute Gasteiger partial charge is 0.0795 e. The minimum Gasteiger partial charge on any atom is -0.398 e. The number of rotatable bonds is 4. The average molecular weight is 312 g/mol. The summed E-state index contributed by atoms with van der Waals surface area (Å²) >= 11 is 5.07. The van der Waals surface area contributed by atoms with Crippen LogP contribution in [-0.4, -0.2) is 16.9 Å². The highest BCUT2D eigenvalue weighted by atomic mass is 79.9. The van der Waals surface area contributed by atoms with Crippen molar-refractivity contribution in [2.75, 3.05) is 12.8 Å². The van der Waals surface area contributed by atoms with Crippen molar-refractivity contribution >= 4 is 33.0 Å². The van der Waals surface area contributed by atoms with Crippen LogP contribution in [0.3, 0.4) is 0 Å². The summed E-state index contributed by atoms with van der Waals surface area (Å²) in [6.07, 6.45) is 0. The molecule has 2 aromatic rings. The van der Waals surface area contributed by atoms with Crippen LogP contribution in [0, 0.1) is 0 Å². The second-order valence-corrected chi connectivity index (χ2v) is 5.58. The monoisotopic (exact) mass is 311 g/mol. The van der Waals surface area contributed by atoms with Gasteiger partial charge in [0.1, 0.15) is 0 Å². The van der Waals surface area contributed by atoms with Crippen LogP contribution in [-0.2, 0) is 13.1 Å². The van der Waals surface area contributed by atoms with E-state index in [1.165, 1.54) is 5.56 Å². The number of hydrogen-bond acceptors (Lipinski definition) is 4. The number of hydrogen-bond donors (Lipinski definition) is 1. The molecule has 2 rings (SSSR count). The maximum absolute atomic E-state index is 5.76. The van der Waals surface area contributed by atoms with Crippen LogP contribution in [0.2, 0.25) is 0 Å². The van der Waals surface area contributed by atoms with Crippen molar-refractivity contribution in [2.45, 2.75) is 13.1 Å². The fourth-order valence-electron chi connectivity index (χ4n) is 1.63. The van der Waals surface area contributed by atoms with Gasteiger partial charge in [-0.3, -0.25) is 4.90 Å². The van der Waals surface area contributed by atoms with Crippen molar-refractivity contribution in [1.82, 2.24) is 9.88 Å². The standard InChI is InChI=1S/C12H14BrN3S/c1-16(6-10-7-17-8-15-10)5-9-2-3-12(14)11(13)4-9/h2-4,7-8H,5-6,14H2,1H3. The van der Waals surface area contributed by atoms with Crippen LogP contribution in [0.4, 0.5) is 5.69 Å². The van der Waals surface area contributed by atoms with Crippen LogP contribution in [0.25, 0.3) is 0 Å². The Morgan fingerprint density at radius 3 is 2.88 bits per heavy atom. The van der Waals surface area contributed by atoms with Gasteiger partial charge in [-0.2, -0.15) is 0 Å². The third-order valence-electron chi connectivity index (χ3n) is 2.43. The second-order valence-electron chi connectivity index (χ2n) is 4.01. The summed E-state index contributed by atoms with van der Waals surface area (Å²) in [5.41, 5.74) is 10.8. The molecule has 1 heterocycles. The Morgan fingerprint density at radius 2 is 2.24 bits per heavy atom. The number of halogens is 1. The molecule has 0 saturated heterocycles. The summed E-state index contributed by atoms with van der Waals surface area (Å²) < 4.78 is 0.956. The zero-order valence-corrected chi connectivity index (χ0v) is 12.0. The zero-order valence-electron chi connectivity index (χ0n) is 9.56. The van der Waals surface area contributed by atoms with Gasteiger partial charge in [0.2, 0.25) is 0 Å². The molecular weight excluding hydrogens is 298 g/mol. The lowest BCUT2D eigenvalue weighted by Crippen LogP contribution is -2.17. The van der Waals surface area contributed by atoms with Crippen molar-refractivity contribution in [3.63, 3.8) is 0 Å². The zero-order chi connectivity index (χ0) is 12.3. The van der Waals surface area contributed by atoms with Crippen molar-refractivity contribution in [3.8, 4) is 0 Å². The Morgan fingerprint density at radius 1 is 1.41 bits per heavy atom. The fraction of sp³-hybridized carbons (Fsp3) is 0.250. The van der Waals surface area contributed by atoms with E-state index in [2.05, 4.69) is 50.4 Å². The Balaban J connectivity index is 1.98. The normalized spacial score (nSPS) is 11.0. The topological polar surface area (TPSA) is 42.1 Å². The molecule has 0 aliphatic carbocycles. The molecule has 0 spiro atoms. The minimum absolute atomic E-state index is 0.774. The molecule has 0 saturated carbocycles. The molecule has 3 nitrogen and oxygen atoms in total. The van der Waals surface area contributed by atoms with Crippen LogP contribution >= 0.6 is 27.3 Å². The second kappa shape index (κ2) is 5.62. The van der Waals surface area contributed by atoms with Gasteiger partial charge in [-0.05, 0) is 40.7 Å². The van der Waals surface area contributed by atoms with Crippen LogP contribution < -0.4 is 5.73 Å². The largest absolute Gasteiger partial charge is 0.398 e. The van der Waals surface area contributed by atoms with E-state index in [4.69, 9.17) is 5.73 Å². The Labute approximate surface area is 113 Å². The number of nitrogen functional groups attached to an aromatic ring is 1. The summed E-state index contributed by atoms with van der Waals surface area (Å²) in [6.45, 7) is 1.75. The first-order valence-corrected chi connectivity index (χ1v) is 6.98. The molecule has 0 unspecified atom stereocenters. The maximum atomic E-state index is 5.76. The lowest BCUT2D eigenvalue weighted by molar-refractivity contribution is 0.316. The molecule has 0 amide bonds. The molecule has 0 aliphatic rings. The lowest BCUT2D eigenvalue weighted by atomic mass is 10.2. The Bertz CT molecular complexity index is 485. The quantitative estimate of drug-likeness (QED) is 0.882. The first-order chi connectivity index (χ1) is 8.15. The van der Waals surface area contributed by atoms with Gasteiger partial charge < -0.3 is 5.73 Å². The number of aromatic nitrogens is 1. The summed E-state index contributed by atoms with van der Waals surface area (Å²) in [4.78, 5) is 6.51. The molecule has 1 aromatic carbocycles. The van der Waals surface area contributed by atoms with Crippen molar-refractivity contribution < 1.29 is 0 Å². The molecule has 90 valence electrons. The van der Waals surface area contributed by atoms with E-state index >= 15 is 0 Å². The minimum atomic E-state index is 0.774. The number of anilines is 1. The van der Waals surface area contributed by atoms with Gasteiger partial charge in [0.15, 0.2) is 0 Å². The molecule has 0 atom stereocenters. The van der Waals surface area contributed by atoms with Crippen LogP contribution in [0.5, 0.6) is 0 Å². The van der Waals surface area contributed by atoms with Crippen molar-refractivity contribution in [1.29, 1.82) is 0 Å². The fourth-order valence-corrected chi connectivity index (χ4v) is 2.60. The third kappa shape index (κ3) is 3.52. The van der Waals surface area contributed by atoms with E-state index in [0.717, 1.165) is 28.9 Å². The summed E-state index contributed by atoms with van der Waals surface area (Å²) in [5.74, 6) is 0. The number of nitrogens with two attached hydrogens (primary N) is 1. The first kappa shape index (κ1) is 12.5. The third-order valence-corrected chi connectivity index (χ3v) is 3.75. The average Bonchev–Trinajstić information content (AvgIpc) is 2.76. The van der Waals surface area contributed by atoms with E-state index in [1.54, 1.807) is 11.3 Å². The summed E-state index contributed by atoms with van der Waals surface area (Å²) in [7, 11) is 2.09. The van der Waals surface area contributed by atoms with Gasteiger partial charge in [0, 0.05) is 28.6 Å². The van der Waals surface area contributed by atoms with Crippen LogP contribution in [0.1, 0.15) is 11.3 Å². The van der Waals surface area contributed by atoms with Gasteiger partial charge in [0.25, 0.3) is 0 Å². The first-order valence-electron chi connectivity index (χ1n) is 5.24. The molecule has 2 N–H and O–H groups in total. The van der Waals surface area contributed by atoms with Crippen molar-refractivity contribution in [2.24, 2.45) is 0 Å². The predicted octanol–water partition coefficient (Wildman–Crippen LogP) is 3.12. The highest BCUT2D eigenvalue weighted by Crippen LogP contribution is 2.21. The molecule has 1 aromatic heterocycles. The molecule has 5 heteroatoms. The lowest BCUT2D eigenvalue weighted by Gasteiger charge is -2.15. The molecule has 0 aliphatic heterocycles. The van der Waals surface area contributed by atoms with Gasteiger partial charge >= 0.3 is 0 Å². The maximum Gasteiger partial charge on any atom is 0.0795 e. The van der Waals surface area contributed by atoms with Gasteiger partial charge in [-0.1, -0.05) is 6.07 Å². The van der Waals surface area contributed by atoms with E-state index in [9.17, 15) is 0 Å². The number of nitrogens with zero attached hydrogens (tertiary/aromatic N) is 2. The molecule has 0 fully saturated rings. The number of thiazole rings is 1. The van der Waals surface area contributed by atoms with Crippen LogP contribution in [0.15, 0.2) is 33.6 Å².